The van der Waals surface area contributed by atoms with Gasteiger partial charge in [-0.1, -0.05) is 37.3 Å². The van der Waals surface area contributed by atoms with E-state index in [1.807, 2.05) is 6.07 Å². The number of carbonyl (C=O) groups excluding carboxylic acids is 1. The van der Waals surface area contributed by atoms with E-state index in [-0.39, 0.29) is 22.1 Å². The van der Waals surface area contributed by atoms with Crippen LogP contribution in [0.25, 0.3) is 11.3 Å². The number of aliphatic carboxylic acids is 1. The molecule has 1 amide bonds. The summed E-state index contributed by atoms with van der Waals surface area (Å²) in [6.45, 7) is 3.01. The van der Waals surface area contributed by atoms with Gasteiger partial charge in [-0.3, -0.25) is 9.59 Å². The molecule has 0 unspecified atom stereocenters. The maximum absolute atomic E-state index is 13.4. The summed E-state index contributed by atoms with van der Waals surface area (Å²) in [5.41, 5.74) is -0.440. The quantitative estimate of drug-likeness (QED) is 0.864. The summed E-state index contributed by atoms with van der Waals surface area (Å²) in [6, 6.07) is 7.60. The molecule has 0 aliphatic rings. The Morgan fingerprint density at radius 1 is 1.46 bits per heavy atom. The molecule has 0 saturated heterocycles. The molecule has 1 aromatic heterocycles. The average Bonchev–Trinajstić information content (AvgIpc) is 2.89. The Morgan fingerprint density at radius 2 is 2.17 bits per heavy atom. The highest BCUT2D eigenvalue weighted by Crippen LogP contribution is 2.32. The first-order valence-electron chi connectivity index (χ1n) is 6.93. The molecule has 2 N–H and O–H groups in total. The van der Waals surface area contributed by atoms with Gasteiger partial charge in [-0.25, -0.2) is 9.37 Å². The monoisotopic (exact) mass is 347 g/mol. The SMILES string of the molecule is CC(C)(CC(=O)O)C(=O)Nc1nc(-c2cccc(F)c2)c(C#N)s1. The van der Waals surface area contributed by atoms with Gasteiger partial charge in [0.25, 0.3) is 0 Å². The molecular weight excluding hydrogens is 333 g/mol. The van der Waals surface area contributed by atoms with Crippen molar-refractivity contribution in [3.63, 3.8) is 0 Å². The van der Waals surface area contributed by atoms with Crippen LogP contribution in [0.5, 0.6) is 0 Å². The van der Waals surface area contributed by atoms with Gasteiger partial charge in [-0.15, -0.1) is 0 Å². The third-order valence-corrected chi connectivity index (χ3v) is 4.13. The van der Waals surface area contributed by atoms with Crippen molar-refractivity contribution in [2.75, 3.05) is 5.32 Å². The zero-order chi connectivity index (χ0) is 17.9. The molecule has 6 nitrogen and oxygen atoms in total. The number of hydrogen-bond acceptors (Lipinski definition) is 5. The Balaban J connectivity index is 2.29. The smallest absolute Gasteiger partial charge is 0.304 e. The predicted molar refractivity (Wildman–Crippen MR) is 86.9 cm³/mol. The fraction of sp³-hybridized carbons (Fsp3) is 0.250. The lowest BCUT2D eigenvalue weighted by Crippen LogP contribution is -2.32. The van der Waals surface area contributed by atoms with Crippen LogP contribution < -0.4 is 5.32 Å². The summed E-state index contributed by atoms with van der Waals surface area (Å²) in [5.74, 6) is -2.07. The molecule has 0 radical (unpaired) electrons. The van der Waals surface area contributed by atoms with Gasteiger partial charge in [-0.05, 0) is 12.1 Å². The number of carbonyl (C=O) groups is 2. The number of benzene rings is 1. The standard InChI is InChI=1S/C16H14FN3O3S/c1-16(2,7-12(21)22)14(23)20-15-19-13(11(8-18)24-15)9-4-3-5-10(17)6-9/h3-6H,7H2,1-2H3,(H,21,22)(H,19,20,23). The highest BCUT2D eigenvalue weighted by molar-refractivity contribution is 7.16. The van der Waals surface area contributed by atoms with Crippen LogP contribution in [-0.4, -0.2) is 22.0 Å². The summed E-state index contributed by atoms with van der Waals surface area (Å²) in [5, 5.41) is 20.8. The minimum atomic E-state index is -1.14. The van der Waals surface area contributed by atoms with Crippen LogP contribution in [0.15, 0.2) is 24.3 Å². The fourth-order valence-corrected chi connectivity index (χ4v) is 2.79. The largest absolute Gasteiger partial charge is 0.481 e. The number of carboxylic acids is 1. The summed E-state index contributed by atoms with van der Waals surface area (Å²) in [4.78, 5) is 27.4. The molecule has 0 saturated carbocycles. The van der Waals surface area contributed by atoms with Gasteiger partial charge >= 0.3 is 5.97 Å². The number of hydrogen-bond donors (Lipinski definition) is 2. The molecule has 24 heavy (non-hydrogen) atoms. The minimum Gasteiger partial charge on any atom is -0.481 e. The van der Waals surface area contributed by atoms with Crippen LogP contribution in [0, 0.1) is 22.6 Å². The molecule has 1 heterocycles. The van der Waals surface area contributed by atoms with Crippen LogP contribution >= 0.6 is 11.3 Å². The summed E-state index contributed by atoms with van der Waals surface area (Å²) < 4.78 is 13.4. The van der Waals surface area contributed by atoms with Crippen LogP contribution in [0.3, 0.4) is 0 Å². The number of halogens is 1. The number of nitrogens with zero attached hydrogens (tertiary/aromatic N) is 2. The second-order valence-corrected chi connectivity index (χ2v) is 6.73. The van der Waals surface area contributed by atoms with Gasteiger partial charge in [0.15, 0.2) is 5.13 Å². The van der Waals surface area contributed by atoms with E-state index in [0.717, 1.165) is 11.3 Å². The molecule has 2 rings (SSSR count). The number of thiazole rings is 1. The normalized spacial score (nSPS) is 10.9. The molecular formula is C16H14FN3O3S. The molecule has 2 aromatic rings. The molecule has 1 aromatic carbocycles. The lowest BCUT2D eigenvalue weighted by atomic mass is 9.88. The molecule has 0 atom stereocenters. The zero-order valence-corrected chi connectivity index (χ0v) is 13.8. The van der Waals surface area contributed by atoms with Gasteiger partial charge in [0.2, 0.25) is 5.91 Å². The van der Waals surface area contributed by atoms with Crippen molar-refractivity contribution in [1.82, 2.24) is 4.98 Å². The van der Waals surface area contributed by atoms with Crippen LogP contribution in [0.2, 0.25) is 0 Å². The average molecular weight is 347 g/mol. The lowest BCUT2D eigenvalue weighted by molar-refractivity contribution is -0.142. The third-order valence-electron chi connectivity index (χ3n) is 3.26. The van der Waals surface area contributed by atoms with E-state index in [1.165, 1.54) is 32.0 Å². The summed E-state index contributed by atoms with van der Waals surface area (Å²) in [7, 11) is 0. The van der Waals surface area contributed by atoms with E-state index in [0.29, 0.717) is 5.56 Å². The lowest BCUT2D eigenvalue weighted by Gasteiger charge is -2.20. The highest BCUT2D eigenvalue weighted by Gasteiger charge is 2.31. The highest BCUT2D eigenvalue weighted by atomic mass is 32.1. The van der Waals surface area contributed by atoms with Crippen molar-refractivity contribution in [2.24, 2.45) is 5.41 Å². The van der Waals surface area contributed by atoms with Crippen LogP contribution in [0.1, 0.15) is 25.1 Å². The first-order chi connectivity index (χ1) is 11.2. The second kappa shape index (κ2) is 6.76. The van der Waals surface area contributed by atoms with E-state index in [9.17, 15) is 19.2 Å². The number of aromatic nitrogens is 1. The van der Waals surface area contributed by atoms with Gasteiger partial charge in [-0.2, -0.15) is 5.26 Å². The molecule has 0 spiro atoms. The first-order valence-corrected chi connectivity index (χ1v) is 7.74. The summed E-state index contributed by atoms with van der Waals surface area (Å²) in [6.07, 6.45) is -0.341. The topological polar surface area (TPSA) is 103 Å². The third kappa shape index (κ3) is 3.94. The number of nitriles is 1. The molecule has 8 heteroatoms. The zero-order valence-electron chi connectivity index (χ0n) is 13.0. The number of anilines is 1. The van der Waals surface area contributed by atoms with Crippen molar-refractivity contribution in [2.45, 2.75) is 20.3 Å². The Kier molecular flexibility index (Phi) is 4.95. The van der Waals surface area contributed by atoms with Crippen molar-refractivity contribution < 1.29 is 19.1 Å². The number of carboxylic acid groups (broad SMARTS) is 1. The van der Waals surface area contributed by atoms with Crippen molar-refractivity contribution >= 4 is 28.3 Å². The van der Waals surface area contributed by atoms with Crippen molar-refractivity contribution in [1.29, 1.82) is 5.26 Å². The van der Waals surface area contributed by atoms with Crippen molar-refractivity contribution in [3.8, 4) is 17.3 Å². The maximum Gasteiger partial charge on any atom is 0.304 e. The number of rotatable bonds is 5. The molecule has 0 bridgehead atoms. The molecule has 0 aliphatic heterocycles. The van der Waals surface area contributed by atoms with Gasteiger partial charge < -0.3 is 10.4 Å². The van der Waals surface area contributed by atoms with E-state index < -0.39 is 23.1 Å². The maximum atomic E-state index is 13.4. The Hall–Kier alpha value is -2.79. The fourth-order valence-electron chi connectivity index (χ4n) is 2.01. The Bertz CT molecular complexity index is 839. The van der Waals surface area contributed by atoms with Crippen LogP contribution in [0.4, 0.5) is 9.52 Å². The Labute approximate surface area is 141 Å². The molecule has 0 aliphatic carbocycles. The summed E-state index contributed by atoms with van der Waals surface area (Å²) >= 11 is 0.949. The number of amides is 1. The second-order valence-electron chi connectivity index (χ2n) is 5.73. The molecule has 0 fully saturated rings. The van der Waals surface area contributed by atoms with Crippen LogP contribution in [-0.2, 0) is 9.59 Å². The van der Waals surface area contributed by atoms with E-state index in [4.69, 9.17) is 5.11 Å². The van der Waals surface area contributed by atoms with E-state index in [2.05, 4.69) is 10.3 Å². The molecule has 124 valence electrons. The van der Waals surface area contributed by atoms with E-state index in [1.54, 1.807) is 6.07 Å². The predicted octanol–water partition coefficient (Wildman–Crippen LogP) is 3.26. The van der Waals surface area contributed by atoms with E-state index >= 15 is 0 Å². The Morgan fingerprint density at radius 3 is 2.75 bits per heavy atom. The number of nitrogens with one attached hydrogen (secondary N) is 1. The first kappa shape index (κ1) is 17.6. The minimum absolute atomic E-state index is 0.161. The van der Waals surface area contributed by atoms with Crippen molar-refractivity contribution in [3.05, 3.63) is 35.0 Å². The van der Waals surface area contributed by atoms with Gasteiger partial charge in [0.05, 0.1) is 11.8 Å². The van der Waals surface area contributed by atoms with Gasteiger partial charge in [0, 0.05) is 5.56 Å². The van der Waals surface area contributed by atoms with Gasteiger partial charge in [0.1, 0.15) is 22.5 Å².